The van der Waals surface area contributed by atoms with Crippen LogP contribution in [0.1, 0.15) is 69.9 Å². The summed E-state index contributed by atoms with van der Waals surface area (Å²) in [6.07, 6.45) is 11.7. The number of carboxylic acid groups (broad SMARTS) is 1. The SMILES string of the molecule is COCCOCCC1(C)C(=CC=CC=CC2=[N+](CCCS(=O)(=O)O)c3ccc(S(=O)(=O)O)cc3C2(C)CCOCCOC)N(CCCCCC(=O)O)c2ccc(S(=O)(=O)O)cc21. The second kappa shape index (κ2) is 22.2. The molecule has 2 heterocycles. The summed E-state index contributed by atoms with van der Waals surface area (Å²) in [6, 6.07) is 8.70. The van der Waals surface area contributed by atoms with E-state index in [9.17, 15) is 43.7 Å². The summed E-state index contributed by atoms with van der Waals surface area (Å²) in [7, 11) is -10.3. The van der Waals surface area contributed by atoms with E-state index in [1.807, 2.05) is 36.7 Å². The van der Waals surface area contributed by atoms with Crippen molar-refractivity contribution in [1.82, 2.24) is 0 Å². The first-order chi connectivity index (χ1) is 29.2. The van der Waals surface area contributed by atoms with E-state index in [2.05, 4.69) is 4.90 Å². The molecule has 2 aliphatic rings. The Kier molecular flexibility index (Phi) is 18.2. The van der Waals surface area contributed by atoms with E-state index < -0.39 is 52.9 Å². The number of anilines is 1. The first-order valence-corrected chi connectivity index (χ1v) is 24.7. The van der Waals surface area contributed by atoms with Gasteiger partial charge in [-0.3, -0.25) is 18.5 Å². The number of hydrogen-bond acceptors (Lipinski definition) is 12. The predicted octanol–water partition coefficient (Wildman–Crippen LogP) is 5.34. The van der Waals surface area contributed by atoms with Crippen LogP contribution in [0.25, 0.3) is 0 Å². The number of carbonyl (C=O) groups is 1. The molecule has 62 heavy (non-hydrogen) atoms. The lowest BCUT2D eigenvalue weighted by atomic mass is 9.76. The normalized spacial score (nSPS) is 20.0. The largest absolute Gasteiger partial charge is 0.481 e. The van der Waals surface area contributed by atoms with Crippen LogP contribution in [0.5, 0.6) is 0 Å². The van der Waals surface area contributed by atoms with Gasteiger partial charge in [0.05, 0.1) is 47.4 Å². The van der Waals surface area contributed by atoms with Gasteiger partial charge >= 0.3 is 5.97 Å². The van der Waals surface area contributed by atoms with Crippen molar-refractivity contribution in [2.45, 2.75) is 79.4 Å². The van der Waals surface area contributed by atoms with Crippen LogP contribution in [0.4, 0.5) is 11.4 Å². The van der Waals surface area contributed by atoms with Gasteiger partial charge in [0.15, 0.2) is 5.71 Å². The summed E-state index contributed by atoms with van der Waals surface area (Å²) in [6.45, 7) is 6.41. The number of hydrogen-bond donors (Lipinski definition) is 4. The molecule has 0 amide bonds. The Balaban J connectivity index is 1.80. The maximum Gasteiger partial charge on any atom is 0.303 e. The van der Waals surface area contributed by atoms with Gasteiger partial charge in [0, 0.05) is 81.3 Å². The Morgan fingerprint density at radius 3 is 1.90 bits per heavy atom. The zero-order valence-corrected chi connectivity index (χ0v) is 38.0. The summed E-state index contributed by atoms with van der Waals surface area (Å²) in [5, 5.41) is 9.17. The molecule has 0 aliphatic carbocycles. The van der Waals surface area contributed by atoms with Gasteiger partial charge in [-0.25, -0.2) is 0 Å². The standard InChI is InChI=1S/C42H58N2O15S3/c1-41(19-23-58-27-25-56-3)34-30-32(61(50,51)52)15-17-36(34)43(21-10-6-9-14-40(45)46)38(41)12-7-5-8-13-39-42(2,20-24-59-28-26-57-4)35-31-33(62(53,54)55)16-18-37(35)44(39)22-11-29-60(47,48)49/h5,7-8,12-13,15-18,30-31H,6,9-11,14,19-29H2,1-4H3,(H3-,45,46,47,48,49,50,51,52,53,54,55)/p+1. The second-order valence-corrected chi connectivity index (χ2v) is 19.9. The molecule has 0 aromatic heterocycles. The molecular weight excluding hydrogens is 869 g/mol. The van der Waals surface area contributed by atoms with E-state index in [0.29, 0.717) is 94.2 Å². The Hall–Kier alpha value is -3.83. The van der Waals surface area contributed by atoms with Crippen molar-refractivity contribution in [3.63, 3.8) is 0 Å². The Bertz CT molecular complexity index is 2360. The summed E-state index contributed by atoms with van der Waals surface area (Å²) >= 11 is 0. The average Bonchev–Trinajstić information content (AvgIpc) is 3.56. The topological polar surface area (TPSA) is 244 Å². The maximum atomic E-state index is 12.3. The third-order valence-corrected chi connectivity index (χ3v) is 13.7. The Morgan fingerprint density at radius 1 is 0.726 bits per heavy atom. The Labute approximate surface area is 365 Å². The number of benzene rings is 2. The van der Waals surface area contributed by atoms with Crippen LogP contribution in [0.3, 0.4) is 0 Å². The maximum absolute atomic E-state index is 12.3. The van der Waals surface area contributed by atoms with Crippen molar-refractivity contribution in [3.05, 3.63) is 83.6 Å². The van der Waals surface area contributed by atoms with E-state index in [1.165, 1.54) is 24.3 Å². The van der Waals surface area contributed by atoms with Gasteiger partial charge in [-0.1, -0.05) is 24.6 Å². The highest BCUT2D eigenvalue weighted by Crippen LogP contribution is 2.51. The third-order valence-electron chi connectivity index (χ3n) is 11.2. The average molecular weight is 928 g/mol. The number of methoxy groups -OCH3 is 2. The van der Waals surface area contributed by atoms with Crippen LogP contribution < -0.4 is 4.90 Å². The van der Waals surface area contributed by atoms with Gasteiger partial charge in [0.25, 0.3) is 30.4 Å². The summed E-state index contributed by atoms with van der Waals surface area (Å²) < 4.78 is 126. The molecule has 4 N–H and O–H groups in total. The van der Waals surface area contributed by atoms with Crippen molar-refractivity contribution >= 4 is 53.4 Å². The molecule has 0 spiro atoms. The third kappa shape index (κ3) is 13.3. The van der Waals surface area contributed by atoms with Crippen molar-refractivity contribution in [2.24, 2.45) is 0 Å². The van der Waals surface area contributed by atoms with Gasteiger partial charge in [-0.15, -0.1) is 0 Å². The van der Waals surface area contributed by atoms with Gasteiger partial charge in [-0.2, -0.15) is 29.8 Å². The number of aliphatic carboxylic acids is 1. The number of carboxylic acids is 1. The molecule has 344 valence electrons. The number of ether oxygens (including phenoxy) is 4. The van der Waals surface area contributed by atoms with Crippen LogP contribution in [-0.4, -0.2) is 133 Å². The van der Waals surface area contributed by atoms with Crippen LogP contribution in [0.2, 0.25) is 0 Å². The van der Waals surface area contributed by atoms with Crippen molar-refractivity contribution in [3.8, 4) is 0 Å². The summed E-state index contributed by atoms with van der Waals surface area (Å²) in [4.78, 5) is 12.7. The molecule has 2 unspecified atom stereocenters. The zero-order valence-electron chi connectivity index (χ0n) is 35.6. The first-order valence-electron chi connectivity index (χ1n) is 20.2. The zero-order chi connectivity index (χ0) is 45.8. The fourth-order valence-corrected chi connectivity index (χ4v) is 9.43. The van der Waals surface area contributed by atoms with Crippen LogP contribution in [-0.2, 0) is 64.9 Å². The molecule has 0 saturated heterocycles. The molecule has 4 rings (SSSR count). The number of fused-ring (bicyclic) bond motifs is 2. The lowest BCUT2D eigenvalue weighted by Gasteiger charge is -2.30. The van der Waals surface area contributed by atoms with Gasteiger partial charge in [0.2, 0.25) is 5.69 Å². The van der Waals surface area contributed by atoms with Crippen molar-refractivity contribution in [2.75, 3.05) is 77.6 Å². The van der Waals surface area contributed by atoms with E-state index in [4.69, 9.17) is 24.1 Å². The van der Waals surface area contributed by atoms with Crippen molar-refractivity contribution < 1.29 is 72.3 Å². The molecule has 0 saturated carbocycles. The lowest BCUT2D eigenvalue weighted by molar-refractivity contribution is -0.437. The molecule has 2 aromatic rings. The highest BCUT2D eigenvalue weighted by atomic mass is 32.2. The fourth-order valence-electron chi connectivity index (χ4n) is 7.92. The van der Waals surface area contributed by atoms with E-state index in [0.717, 1.165) is 11.4 Å². The summed E-state index contributed by atoms with van der Waals surface area (Å²) in [5.74, 6) is -1.39. The monoisotopic (exact) mass is 927 g/mol. The molecule has 20 heteroatoms. The van der Waals surface area contributed by atoms with E-state index >= 15 is 0 Å². The summed E-state index contributed by atoms with van der Waals surface area (Å²) in [5.41, 5.74) is 2.33. The second-order valence-electron chi connectivity index (χ2n) is 15.5. The van der Waals surface area contributed by atoms with Crippen LogP contribution >= 0.6 is 0 Å². The highest BCUT2D eigenvalue weighted by molar-refractivity contribution is 7.86. The number of rotatable bonds is 27. The molecule has 0 radical (unpaired) electrons. The number of nitrogens with zero attached hydrogens (tertiary/aromatic N) is 2. The smallest absolute Gasteiger partial charge is 0.303 e. The molecular formula is C42H59N2O15S3+. The molecule has 2 atom stereocenters. The first kappa shape index (κ1) is 50.8. The minimum Gasteiger partial charge on any atom is -0.481 e. The molecule has 2 aliphatic heterocycles. The van der Waals surface area contributed by atoms with E-state index in [-0.39, 0.29) is 35.8 Å². The number of allylic oxidation sites excluding steroid dienone is 6. The van der Waals surface area contributed by atoms with E-state index in [1.54, 1.807) is 38.5 Å². The minimum atomic E-state index is -4.58. The van der Waals surface area contributed by atoms with Crippen molar-refractivity contribution in [1.29, 1.82) is 0 Å². The van der Waals surface area contributed by atoms with Gasteiger partial charge < -0.3 is 29.0 Å². The molecule has 17 nitrogen and oxygen atoms in total. The van der Waals surface area contributed by atoms with Gasteiger partial charge in [0.1, 0.15) is 6.54 Å². The quantitative estimate of drug-likeness (QED) is 0.0382. The molecule has 2 aromatic carbocycles. The number of unbranched alkanes of at least 4 members (excludes halogenated alkanes) is 2. The minimum absolute atomic E-state index is 0.0340. The van der Waals surface area contributed by atoms with Gasteiger partial charge in [-0.05, 0) is 81.5 Å². The van der Waals surface area contributed by atoms with Crippen LogP contribution in [0.15, 0.2) is 82.3 Å². The predicted molar refractivity (Wildman–Crippen MR) is 232 cm³/mol. The molecule has 0 bridgehead atoms. The fraction of sp³-hybridized carbons (Fsp3) is 0.524. The molecule has 0 fully saturated rings. The Morgan fingerprint density at radius 2 is 1.32 bits per heavy atom. The van der Waals surface area contributed by atoms with Crippen LogP contribution in [0, 0.1) is 0 Å². The lowest BCUT2D eigenvalue weighted by Crippen LogP contribution is -2.33. The highest BCUT2D eigenvalue weighted by Gasteiger charge is 2.48.